The minimum atomic E-state index is -0.507. The van der Waals surface area contributed by atoms with Gasteiger partial charge in [0.15, 0.2) is 0 Å². The molecule has 0 bridgehead atoms. The maximum atomic E-state index is 12.0. The van der Waals surface area contributed by atoms with Crippen molar-refractivity contribution in [2.24, 2.45) is 12.3 Å². The molecule has 8 heteroatoms. The molecule has 0 fully saturated rings. The number of urea groups is 1. The van der Waals surface area contributed by atoms with E-state index in [1.54, 1.807) is 11.7 Å². The lowest BCUT2D eigenvalue weighted by Crippen LogP contribution is -2.27. The average molecular weight is 330 g/mol. The Labute approximate surface area is 140 Å². The molecule has 128 valence electrons. The highest BCUT2D eigenvalue weighted by molar-refractivity contribution is 5.88. The monoisotopic (exact) mass is 330 g/mol. The van der Waals surface area contributed by atoms with Gasteiger partial charge >= 0.3 is 6.03 Å². The molecule has 8 nitrogen and oxygen atoms in total. The second-order valence-corrected chi connectivity index (χ2v) is 5.36. The van der Waals surface area contributed by atoms with Crippen LogP contribution in [0.2, 0.25) is 0 Å². The van der Waals surface area contributed by atoms with Crippen molar-refractivity contribution in [3.8, 4) is 5.75 Å². The van der Waals surface area contributed by atoms with E-state index >= 15 is 0 Å². The lowest BCUT2D eigenvalue weighted by atomic mass is 10.2. The number of anilines is 1. The predicted molar refractivity (Wildman–Crippen MR) is 90.0 cm³/mol. The molecule has 0 radical (unpaired) electrons. The number of carbonyl (C=O) groups excluding carboxylic acids is 1. The third-order valence-corrected chi connectivity index (χ3v) is 3.70. The van der Waals surface area contributed by atoms with Gasteiger partial charge in [-0.25, -0.2) is 4.79 Å². The van der Waals surface area contributed by atoms with E-state index in [9.17, 15) is 4.79 Å². The molecule has 2 N–H and O–H groups in total. The van der Waals surface area contributed by atoms with Crippen LogP contribution in [0.3, 0.4) is 0 Å². The van der Waals surface area contributed by atoms with Gasteiger partial charge in [-0.2, -0.15) is 15.6 Å². The Morgan fingerprint density at radius 2 is 2.17 bits per heavy atom. The van der Waals surface area contributed by atoms with Crippen LogP contribution in [-0.4, -0.2) is 27.9 Å². The van der Waals surface area contributed by atoms with E-state index in [1.807, 2.05) is 38.1 Å². The molecule has 24 heavy (non-hydrogen) atoms. The molecule has 0 aliphatic carbocycles. The number of rotatable bonds is 6. The molecule has 2 rings (SSSR count). The summed E-state index contributed by atoms with van der Waals surface area (Å²) in [6, 6.07) is 7.25. The Balaban J connectivity index is 2.25. The van der Waals surface area contributed by atoms with Crippen LogP contribution < -0.4 is 10.1 Å². The van der Waals surface area contributed by atoms with Gasteiger partial charge in [-0.05, 0) is 25.0 Å². The summed E-state index contributed by atoms with van der Waals surface area (Å²) in [4.78, 5) is 12.0. The molecule has 0 aliphatic heterocycles. The zero-order chi connectivity index (χ0) is 17.7. The first-order valence-electron chi connectivity index (χ1n) is 7.63. The fourth-order valence-corrected chi connectivity index (χ4v) is 2.31. The van der Waals surface area contributed by atoms with Gasteiger partial charge in [0.25, 0.3) is 0 Å². The highest BCUT2D eigenvalue weighted by Crippen LogP contribution is 2.24. The van der Waals surface area contributed by atoms with Crippen LogP contribution in [0.25, 0.3) is 0 Å². The number of para-hydroxylation sites is 1. The summed E-state index contributed by atoms with van der Waals surface area (Å²) in [5.41, 5.74) is 9.62. The fraction of sp³-hybridized carbons (Fsp3) is 0.375. The minimum absolute atomic E-state index is 0.291. The summed E-state index contributed by atoms with van der Waals surface area (Å²) in [7, 11) is 3.16. The first kappa shape index (κ1) is 17.5. The summed E-state index contributed by atoms with van der Waals surface area (Å²) < 4.78 is 7.51. The minimum Gasteiger partial charge on any atom is -0.488 e. The summed E-state index contributed by atoms with van der Waals surface area (Å²) in [6.45, 7) is 4.27. The lowest BCUT2D eigenvalue weighted by molar-refractivity contribution is 0.219. The molecule has 0 saturated carbocycles. The van der Waals surface area contributed by atoms with E-state index in [1.165, 1.54) is 7.05 Å². The van der Waals surface area contributed by atoms with Gasteiger partial charge < -0.3 is 4.74 Å². The van der Waals surface area contributed by atoms with E-state index < -0.39 is 6.03 Å². The first-order valence-corrected chi connectivity index (χ1v) is 7.63. The van der Waals surface area contributed by atoms with Crippen molar-refractivity contribution >= 4 is 11.8 Å². The van der Waals surface area contributed by atoms with Crippen LogP contribution >= 0.6 is 0 Å². The van der Waals surface area contributed by atoms with E-state index in [0.717, 1.165) is 34.0 Å². The van der Waals surface area contributed by atoms with Gasteiger partial charge in [0, 0.05) is 14.1 Å². The van der Waals surface area contributed by atoms with Crippen molar-refractivity contribution < 1.29 is 9.53 Å². The predicted octanol–water partition coefficient (Wildman–Crippen LogP) is 3.28. The smallest absolute Gasteiger partial charge is 0.344 e. The molecular formula is C16H22N6O2. The van der Waals surface area contributed by atoms with E-state index in [4.69, 9.17) is 10.3 Å². The molecule has 1 heterocycles. The lowest BCUT2D eigenvalue weighted by Gasteiger charge is -2.14. The Kier molecular flexibility index (Phi) is 5.51. The average Bonchev–Trinajstić information content (AvgIpc) is 2.88. The van der Waals surface area contributed by atoms with Crippen molar-refractivity contribution in [1.29, 1.82) is 5.53 Å². The zero-order valence-electron chi connectivity index (χ0n) is 14.3. The van der Waals surface area contributed by atoms with Crippen LogP contribution in [0.15, 0.2) is 29.5 Å². The number of ether oxygens (including phenoxy) is 1. The number of hydrogen-bond acceptors (Lipinski definition) is 5. The van der Waals surface area contributed by atoms with Crippen molar-refractivity contribution in [3.05, 3.63) is 41.1 Å². The van der Waals surface area contributed by atoms with Gasteiger partial charge in [0.05, 0.1) is 11.3 Å². The number of hydrogen-bond donors (Lipinski definition) is 2. The second kappa shape index (κ2) is 7.58. The Morgan fingerprint density at radius 1 is 1.46 bits per heavy atom. The Morgan fingerprint density at radius 3 is 2.79 bits per heavy atom. The van der Waals surface area contributed by atoms with Crippen molar-refractivity contribution in [1.82, 2.24) is 14.8 Å². The molecule has 2 amide bonds. The standard InChI is InChI=1S/C16H22N6O2/c1-5-13-12(10-24-14-9-7-6-8-11(14)2)15(21(3)19-13)18-16(23)22(4)20-17/h6-9,17H,5,10H2,1-4H3,(H,18,23). The maximum absolute atomic E-state index is 12.0. The largest absolute Gasteiger partial charge is 0.488 e. The van der Waals surface area contributed by atoms with Gasteiger partial charge in [-0.15, -0.1) is 0 Å². The van der Waals surface area contributed by atoms with Crippen LogP contribution in [0, 0.1) is 12.5 Å². The topological polar surface area (TPSA) is 95.6 Å². The number of nitrogens with one attached hydrogen (secondary N) is 2. The Hall–Kier alpha value is -2.90. The molecular weight excluding hydrogens is 308 g/mol. The number of amides is 2. The van der Waals surface area contributed by atoms with Gasteiger partial charge in [0.1, 0.15) is 18.2 Å². The SMILES string of the molecule is CCc1nn(C)c(NC(=O)N(C)N=N)c1COc1ccccc1C. The highest BCUT2D eigenvalue weighted by Gasteiger charge is 2.19. The van der Waals surface area contributed by atoms with Crippen molar-refractivity contribution in [3.63, 3.8) is 0 Å². The summed E-state index contributed by atoms with van der Waals surface area (Å²) in [5.74, 6) is 1.33. The normalized spacial score (nSPS) is 10.3. The van der Waals surface area contributed by atoms with Gasteiger partial charge in [-0.3, -0.25) is 10.00 Å². The summed E-state index contributed by atoms with van der Waals surface area (Å²) >= 11 is 0. The molecule has 2 aromatic rings. The van der Waals surface area contributed by atoms with Crippen LogP contribution in [0.5, 0.6) is 5.75 Å². The third-order valence-electron chi connectivity index (χ3n) is 3.70. The number of carbonyl (C=O) groups is 1. The van der Waals surface area contributed by atoms with E-state index in [-0.39, 0.29) is 0 Å². The maximum Gasteiger partial charge on any atom is 0.344 e. The molecule has 1 aromatic heterocycles. The summed E-state index contributed by atoms with van der Waals surface area (Å²) in [5, 5.41) is 11.2. The third kappa shape index (κ3) is 3.70. The number of nitrogens with zero attached hydrogens (tertiary/aromatic N) is 4. The fourth-order valence-electron chi connectivity index (χ4n) is 2.31. The van der Waals surface area contributed by atoms with Crippen LogP contribution in [0.4, 0.5) is 10.6 Å². The van der Waals surface area contributed by atoms with Gasteiger partial charge in [-0.1, -0.05) is 30.3 Å². The number of benzene rings is 1. The highest BCUT2D eigenvalue weighted by atomic mass is 16.5. The van der Waals surface area contributed by atoms with Crippen LogP contribution in [0.1, 0.15) is 23.7 Å². The quantitative estimate of drug-likeness (QED) is 0.628. The molecule has 1 aromatic carbocycles. The molecule has 0 saturated heterocycles. The number of aryl methyl sites for hydroxylation is 3. The molecule has 0 aliphatic rings. The zero-order valence-corrected chi connectivity index (χ0v) is 14.3. The molecule has 0 spiro atoms. The van der Waals surface area contributed by atoms with Crippen molar-refractivity contribution in [2.75, 3.05) is 12.4 Å². The first-order chi connectivity index (χ1) is 11.5. The summed E-state index contributed by atoms with van der Waals surface area (Å²) in [6.07, 6.45) is 0.717. The van der Waals surface area contributed by atoms with Crippen LogP contribution in [-0.2, 0) is 20.1 Å². The molecule has 0 unspecified atom stereocenters. The molecule has 0 atom stereocenters. The second-order valence-electron chi connectivity index (χ2n) is 5.36. The Bertz CT molecular complexity index is 740. The number of aromatic nitrogens is 2. The van der Waals surface area contributed by atoms with E-state index in [2.05, 4.69) is 15.6 Å². The van der Waals surface area contributed by atoms with Gasteiger partial charge in [0.2, 0.25) is 0 Å². The van der Waals surface area contributed by atoms with Crippen molar-refractivity contribution in [2.45, 2.75) is 26.9 Å². The van der Waals surface area contributed by atoms with E-state index in [0.29, 0.717) is 12.4 Å².